The van der Waals surface area contributed by atoms with Crippen molar-refractivity contribution < 1.29 is 14.3 Å². The van der Waals surface area contributed by atoms with E-state index in [9.17, 15) is 9.59 Å². The Morgan fingerprint density at radius 3 is 2.73 bits per heavy atom. The minimum absolute atomic E-state index is 0.0388. The van der Waals surface area contributed by atoms with Crippen molar-refractivity contribution in [2.45, 2.75) is 19.8 Å². The van der Waals surface area contributed by atoms with Crippen LogP contribution in [0, 0.1) is 12.8 Å². The highest BCUT2D eigenvalue weighted by Gasteiger charge is 2.34. The number of amides is 2. The predicted octanol–water partition coefficient (Wildman–Crippen LogP) is 3.03. The summed E-state index contributed by atoms with van der Waals surface area (Å²) in [5, 5.41) is 2.91. The van der Waals surface area contributed by atoms with Crippen LogP contribution >= 0.6 is 0 Å². The molecule has 1 aliphatic rings. The number of likely N-dealkylation sites (tertiary alicyclic amines) is 1. The number of benzene rings is 2. The van der Waals surface area contributed by atoms with Crippen LogP contribution in [0.3, 0.4) is 0 Å². The molecule has 26 heavy (non-hydrogen) atoms. The van der Waals surface area contributed by atoms with Crippen LogP contribution in [0.5, 0.6) is 5.75 Å². The zero-order chi connectivity index (χ0) is 18.5. The maximum absolute atomic E-state index is 12.4. The Morgan fingerprint density at radius 2 is 2.00 bits per heavy atom. The van der Waals surface area contributed by atoms with Crippen molar-refractivity contribution in [1.82, 2.24) is 4.90 Å². The maximum atomic E-state index is 12.4. The van der Waals surface area contributed by atoms with Gasteiger partial charge >= 0.3 is 0 Å². The average molecular weight is 352 g/mol. The number of carbonyl (C=O) groups is 2. The molecule has 0 radical (unpaired) electrons. The van der Waals surface area contributed by atoms with Crippen LogP contribution < -0.4 is 10.1 Å². The van der Waals surface area contributed by atoms with Crippen LogP contribution in [0.25, 0.3) is 0 Å². The van der Waals surface area contributed by atoms with Gasteiger partial charge in [0.2, 0.25) is 11.8 Å². The van der Waals surface area contributed by atoms with Gasteiger partial charge in [0.15, 0.2) is 0 Å². The van der Waals surface area contributed by atoms with Gasteiger partial charge in [0.1, 0.15) is 5.75 Å². The van der Waals surface area contributed by atoms with E-state index in [4.69, 9.17) is 4.74 Å². The minimum Gasteiger partial charge on any atom is -0.497 e. The summed E-state index contributed by atoms with van der Waals surface area (Å²) in [7, 11) is 1.64. The second-order valence-electron chi connectivity index (χ2n) is 6.70. The van der Waals surface area contributed by atoms with Crippen molar-refractivity contribution in [1.29, 1.82) is 0 Å². The molecule has 3 rings (SSSR count). The van der Waals surface area contributed by atoms with Crippen LogP contribution in [-0.4, -0.2) is 36.9 Å². The van der Waals surface area contributed by atoms with Gasteiger partial charge < -0.3 is 15.0 Å². The summed E-state index contributed by atoms with van der Waals surface area (Å²) < 4.78 is 5.23. The molecular formula is C21H24N2O3. The third kappa shape index (κ3) is 4.42. The molecule has 5 heteroatoms. The van der Waals surface area contributed by atoms with Gasteiger partial charge in [-0.3, -0.25) is 9.59 Å². The lowest BCUT2D eigenvalue weighted by atomic mass is 10.1. The molecule has 0 aliphatic carbocycles. The Bertz CT molecular complexity index is 786. The maximum Gasteiger partial charge on any atom is 0.229 e. The van der Waals surface area contributed by atoms with E-state index >= 15 is 0 Å². The van der Waals surface area contributed by atoms with Crippen molar-refractivity contribution in [3.05, 3.63) is 59.7 Å². The molecule has 0 saturated carbocycles. The van der Waals surface area contributed by atoms with Crippen molar-refractivity contribution in [3.8, 4) is 5.75 Å². The molecule has 1 saturated heterocycles. The monoisotopic (exact) mass is 352 g/mol. The third-order valence-electron chi connectivity index (χ3n) is 4.71. The van der Waals surface area contributed by atoms with Crippen molar-refractivity contribution in [2.24, 2.45) is 5.92 Å². The summed E-state index contributed by atoms with van der Waals surface area (Å²) in [6.45, 7) is 3.09. The number of hydrogen-bond donors (Lipinski definition) is 1. The summed E-state index contributed by atoms with van der Waals surface area (Å²) in [5.41, 5.74) is 3.02. The molecule has 2 aromatic rings. The molecule has 2 amide bonds. The fraction of sp³-hybridized carbons (Fsp3) is 0.333. The number of carbonyl (C=O) groups excluding carboxylic acids is 2. The van der Waals surface area contributed by atoms with E-state index in [1.165, 1.54) is 0 Å². The van der Waals surface area contributed by atoms with E-state index in [-0.39, 0.29) is 24.2 Å². The van der Waals surface area contributed by atoms with E-state index in [0.29, 0.717) is 13.1 Å². The lowest BCUT2D eigenvalue weighted by Crippen LogP contribution is -2.30. The number of aryl methyl sites for hydroxylation is 1. The zero-order valence-electron chi connectivity index (χ0n) is 15.2. The lowest BCUT2D eigenvalue weighted by molar-refractivity contribution is -0.128. The van der Waals surface area contributed by atoms with Crippen molar-refractivity contribution >= 4 is 17.5 Å². The van der Waals surface area contributed by atoms with Crippen LogP contribution in [0.1, 0.15) is 17.5 Å². The standard InChI is InChI=1S/C21H24N2O3/c1-15-6-8-18(9-7-15)22-21(25)17-13-20(24)23(14-17)11-10-16-4-3-5-19(12-16)26-2/h3-9,12,17H,10-11,13-14H2,1-2H3,(H,22,25). The molecular weight excluding hydrogens is 328 g/mol. The number of hydrogen-bond acceptors (Lipinski definition) is 3. The molecule has 0 aromatic heterocycles. The molecule has 1 heterocycles. The average Bonchev–Trinajstić information content (AvgIpc) is 3.03. The van der Waals surface area contributed by atoms with Crippen LogP contribution in [0.4, 0.5) is 5.69 Å². The fourth-order valence-electron chi connectivity index (χ4n) is 3.14. The SMILES string of the molecule is COc1cccc(CCN2CC(C(=O)Nc3ccc(C)cc3)CC2=O)c1. The van der Waals surface area contributed by atoms with Crippen molar-refractivity contribution in [3.63, 3.8) is 0 Å². The summed E-state index contributed by atoms with van der Waals surface area (Å²) in [5.74, 6) is 0.461. The van der Waals surface area contributed by atoms with Gasteiger partial charge in [0.05, 0.1) is 13.0 Å². The summed E-state index contributed by atoms with van der Waals surface area (Å²) in [4.78, 5) is 26.5. The van der Waals surface area contributed by atoms with Crippen molar-refractivity contribution in [2.75, 3.05) is 25.5 Å². The number of anilines is 1. The first-order valence-electron chi connectivity index (χ1n) is 8.83. The van der Waals surface area contributed by atoms with E-state index < -0.39 is 0 Å². The molecule has 2 aromatic carbocycles. The fourth-order valence-corrected chi connectivity index (χ4v) is 3.14. The highest BCUT2D eigenvalue weighted by Crippen LogP contribution is 2.21. The first kappa shape index (κ1) is 18.0. The first-order chi connectivity index (χ1) is 12.5. The zero-order valence-corrected chi connectivity index (χ0v) is 15.2. The van der Waals surface area contributed by atoms with Gasteiger partial charge in [-0.2, -0.15) is 0 Å². The molecule has 136 valence electrons. The molecule has 0 spiro atoms. The van der Waals surface area contributed by atoms with E-state index in [1.807, 2.05) is 55.5 Å². The Hall–Kier alpha value is -2.82. The number of rotatable bonds is 6. The molecule has 1 N–H and O–H groups in total. The normalized spacial score (nSPS) is 16.6. The van der Waals surface area contributed by atoms with Crippen LogP contribution in [-0.2, 0) is 16.0 Å². The second kappa shape index (κ2) is 8.04. The summed E-state index contributed by atoms with van der Waals surface area (Å²) in [6.07, 6.45) is 1.02. The highest BCUT2D eigenvalue weighted by molar-refractivity contribution is 5.97. The van der Waals surface area contributed by atoms with Gasteiger partial charge in [-0.05, 0) is 43.2 Å². The smallest absolute Gasteiger partial charge is 0.229 e. The highest BCUT2D eigenvalue weighted by atomic mass is 16.5. The van der Waals surface area contributed by atoms with Crippen LogP contribution in [0.2, 0.25) is 0 Å². The van der Waals surface area contributed by atoms with Gasteiger partial charge in [-0.15, -0.1) is 0 Å². The topological polar surface area (TPSA) is 58.6 Å². The Kier molecular flexibility index (Phi) is 5.56. The van der Waals surface area contributed by atoms with Gasteiger partial charge in [0, 0.05) is 25.2 Å². The molecule has 1 atom stereocenters. The molecule has 1 fully saturated rings. The molecule has 0 bridgehead atoms. The van der Waals surface area contributed by atoms with E-state index in [0.717, 1.165) is 29.0 Å². The predicted molar refractivity (Wildman–Crippen MR) is 101 cm³/mol. The number of nitrogens with zero attached hydrogens (tertiary/aromatic N) is 1. The third-order valence-corrected chi connectivity index (χ3v) is 4.71. The lowest BCUT2D eigenvalue weighted by Gasteiger charge is -2.17. The van der Waals surface area contributed by atoms with Gasteiger partial charge in [-0.25, -0.2) is 0 Å². The first-order valence-corrected chi connectivity index (χ1v) is 8.83. The Morgan fingerprint density at radius 1 is 1.23 bits per heavy atom. The molecule has 5 nitrogen and oxygen atoms in total. The van der Waals surface area contributed by atoms with Gasteiger partial charge in [0.25, 0.3) is 0 Å². The van der Waals surface area contributed by atoms with E-state index in [2.05, 4.69) is 5.32 Å². The summed E-state index contributed by atoms with van der Waals surface area (Å²) >= 11 is 0. The van der Waals surface area contributed by atoms with Gasteiger partial charge in [-0.1, -0.05) is 29.8 Å². The van der Waals surface area contributed by atoms with Crippen LogP contribution in [0.15, 0.2) is 48.5 Å². The second-order valence-corrected chi connectivity index (χ2v) is 6.70. The Balaban J connectivity index is 1.54. The molecule has 1 unspecified atom stereocenters. The molecule has 1 aliphatic heterocycles. The minimum atomic E-state index is -0.297. The number of nitrogens with one attached hydrogen (secondary N) is 1. The largest absolute Gasteiger partial charge is 0.497 e. The van der Waals surface area contributed by atoms with E-state index in [1.54, 1.807) is 12.0 Å². The quantitative estimate of drug-likeness (QED) is 0.869. The number of methoxy groups -OCH3 is 1. The Labute approximate surface area is 154 Å². The number of ether oxygens (including phenoxy) is 1. The summed E-state index contributed by atoms with van der Waals surface area (Å²) in [6, 6.07) is 15.5.